The lowest BCUT2D eigenvalue weighted by molar-refractivity contribution is 0.0955. The van der Waals surface area contributed by atoms with Crippen molar-refractivity contribution in [3.63, 3.8) is 0 Å². The van der Waals surface area contributed by atoms with E-state index in [9.17, 15) is 18.8 Å². The zero-order valence-electron chi connectivity index (χ0n) is 15.9. The van der Waals surface area contributed by atoms with Crippen molar-refractivity contribution in [2.24, 2.45) is 0 Å². The van der Waals surface area contributed by atoms with Gasteiger partial charge in [0, 0.05) is 29.6 Å². The van der Waals surface area contributed by atoms with Crippen molar-refractivity contribution in [1.29, 1.82) is 0 Å². The SMILES string of the molecule is CCNC(=O)c1ccc(NC(=O)c2nn(-c3ccccc3F)c(C)cc2=O)cc1. The molecule has 0 aliphatic carbocycles. The fourth-order valence-electron chi connectivity index (χ4n) is 2.73. The van der Waals surface area contributed by atoms with Crippen LogP contribution >= 0.6 is 0 Å². The van der Waals surface area contributed by atoms with Gasteiger partial charge in [-0.2, -0.15) is 5.10 Å². The van der Waals surface area contributed by atoms with E-state index in [1.165, 1.54) is 28.9 Å². The van der Waals surface area contributed by atoms with E-state index in [-0.39, 0.29) is 17.3 Å². The van der Waals surface area contributed by atoms with Crippen LogP contribution in [0, 0.1) is 12.7 Å². The van der Waals surface area contributed by atoms with Crippen LogP contribution in [0.1, 0.15) is 33.5 Å². The van der Waals surface area contributed by atoms with Crippen molar-refractivity contribution >= 4 is 17.5 Å². The Kier molecular flexibility index (Phi) is 5.82. The Morgan fingerprint density at radius 3 is 2.41 bits per heavy atom. The highest BCUT2D eigenvalue weighted by Gasteiger charge is 2.17. The van der Waals surface area contributed by atoms with E-state index in [0.29, 0.717) is 23.5 Å². The smallest absolute Gasteiger partial charge is 0.280 e. The van der Waals surface area contributed by atoms with Crippen LogP contribution in [0.15, 0.2) is 59.4 Å². The Hall–Kier alpha value is -3.81. The molecule has 0 saturated heterocycles. The molecule has 0 aliphatic rings. The number of benzene rings is 2. The van der Waals surface area contributed by atoms with Crippen LogP contribution < -0.4 is 16.1 Å². The van der Waals surface area contributed by atoms with Crippen molar-refractivity contribution < 1.29 is 14.0 Å². The monoisotopic (exact) mass is 394 g/mol. The maximum absolute atomic E-state index is 14.1. The topological polar surface area (TPSA) is 93.1 Å². The molecule has 2 aromatic carbocycles. The molecular formula is C21H19FN4O3. The van der Waals surface area contributed by atoms with E-state index >= 15 is 0 Å². The standard InChI is InChI=1S/C21H19FN4O3/c1-3-23-20(28)14-8-10-15(11-9-14)24-21(29)19-18(27)12-13(2)26(25-19)17-7-5-4-6-16(17)22/h4-12H,3H2,1-2H3,(H,23,28)(H,24,29). The molecule has 0 spiro atoms. The Morgan fingerprint density at radius 2 is 1.76 bits per heavy atom. The quantitative estimate of drug-likeness (QED) is 0.696. The molecule has 3 rings (SSSR count). The molecule has 0 unspecified atom stereocenters. The molecule has 0 saturated carbocycles. The lowest BCUT2D eigenvalue weighted by Crippen LogP contribution is -2.27. The molecule has 2 amide bonds. The summed E-state index contributed by atoms with van der Waals surface area (Å²) in [6.07, 6.45) is 0. The number of amides is 2. The van der Waals surface area contributed by atoms with Crippen molar-refractivity contribution in [2.75, 3.05) is 11.9 Å². The Bertz CT molecular complexity index is 1120. The highest BCUT2D eigenvalue weighted by Crippen LogP contribution is 2.14. The van der Waals surface area contributed by atoms with Crippen LogP contribution in [0.5, 0.6) is 0 Å². The number of aryl methyl sites for hydroxylation is 1. The summed E-state index contributed by atoms with van der Waals surface area (Å²) in [4.78, 5) is 36.6. The van der Waals surface area contributed by atoms with E-state index in [0.717, 1.165) is 0 Å². The number of nitrogens with zero attached hydrogens (tertiary/aromatic N) is 2. The average molecular weight is 394 g/mol. The normalized spacial score (nSPS) is 10.4. The number of aromatic nitrogens is 2. The summed E-state index contributed by atoms with van der Waals surface area (Å²) in [7, 11) is 0. The van der Waals surface area contributed by atoms with Crippen molar-refractivity contribution in [3.8, 4) is 5.69 Å². The molecule has 8 heteroatoms. The molecule has 1 aromatic heterocycles. The second-order valence-corrected chi connectivity index (χ2v) is 6.25. The van der Waals surface area contributed by atoms with Gasteiger partial charge in [0.05, 0.1) is 0 Å². The zero-order chi connectivity index (χ0) is 21.0. The molecule has 7 nitrogen and oxygen atoms in total. The maximum atomic E-state index is 14.1. The number of nitrogens with one attached hydrogen (secondary N) is 2. The molecule has 148 valence electrons. The van der Waals surface area contributed by atoms with E-state index in [4.69, 9.17) is 0 Å². The van der Waals surface area contributed by atoms with Crippen LogP contribution in [-0.4, -0.2) is 28.1 Å². The van der Waals surface area contributed by atoms with Gasteiger partial charge in [0.1, 0.15) is 11.5 Å². The third-order valence-electron chi connectivity index (χ3n) is 4.15. The highest BCUT2D eigenvalue weighted by atomic mass is 19.1. The number of rotatable bonds is 5. The van der Waals surface area contributed by atoms with Crippen molar-refractivity contribution in [2.45, 2.75) is 13.8 Å². The average Bonchev–Trinajstić information content (AvgIpc) is 2.69. The van der Waals surface area contributed by atoms with E-state index in [1.54, 1.807) is 37.3 Å². The number of carbonyl (C=O) groups is 2. The minimum Gasteiger partial charge on any atom is -0.352 e. The molecule has 0 aliphatic heterocycles. The van der Waals surface area contributed by atoms with Gasteiger partial charge >= 0.3 is 0 Å². The van der Waals surface area contributed by atoms with E-state index in [1.807, 2.05) is 6.92 Å². The van der Waals surface area contributed by atoms with Gasteiger partial charge in [-0.3, -0.25) is 14.4 Å². The maximum Gasteiger partial charge on any atom is 0.280 e. The van der Waals surface area contributed by atoms with Gasteiger partial charge in [0.25, 0.3) is 11.8 Å². The first-order valence-corrected chi connectivity index (χ1v) is 8.96. The second kappa shape index (κ2) is 8.47. The Morgan fingerprint density at radius 1 is 1.07 bits per heavy atom. The highest BCUT2D eigenvalue weighted by molar-refractivity contribution is 6.03. The number of hydrogen-bond donors (Lipinski definition) is 2. The molecule has 0 bridgehead atoms. The number of carbonyl (C=O) groups excluding carboxylic acids is 2. The molecule has 0 atom stereocenters. The number of hydrogen-bond acceptors (Lipinski definition) is 4. The lowest BCUT2D eigenvalue weighted by Gasteiger charge is -2.12. The van der Waals surface area contributed by atoms with Crippen LogP contribution in [0.4, 0.5) is 10.1 Å². The van der Waals surface area contributed by atoms with Crippen LogP contribution in [0.2, 0.25) is 0 Å². The first-order chi connectivity index (χ1) is 13.9. The van der Waals surface area contributed by atoms with Gasteiger partial charge in [0.15, 0.2) is 5.69 Å². The second-order valence-electron chi connectivity index (χ2n) is 6.25. The summed E-state index contributed by atoms with van der Waals surface area (Å²) in [5, 5.41) is 9.30. The fraction of sp³-hybridized carbons (Fsp3) is 0.143. The van der Waals surface area contributed by atoms with Crippen LogP contribution in [0.3, 0.4) is 0 Å². The summed E-state index contributed by atoms with van der Waals surface area (Å²) >= 11 is 0. The summed E-state index contributed by atoms with van der Waals surface area (Å²) in [6.45, 7) is 3.92. The molecule has 3 aromatic rings. The van der Waals surface area contributed by atoms with Gasteiger partial charge in [-0.25, -0.2) is 9.07 Å². The van der Waals surface area contributed by atoms with E-state index in [2.05, 4.69) is 15.7 Å². The number of halogens is 1. The zero-order valence-corrected chi connectivity index (χ0v) is 15.9. The molecule has 0 fully saturated rings. The Balaban J connectivity index is 1.88. The number of anilines is 1. The van der Waals surface area contributed by atoms with Gasteiger partial charge in [-0.05, 0) is 50.2 Å². The molecular weight excluding hydrogens is 375 g/mol. The Labute approximate surface area is 166 Å². The fourth-order valence-corrected chi connectivity index (χ4v) is 2.73. The third-order valence-corrected chi connectivity index (χ3v) is 4.15. The first-order valence-electron chi connectivity index (χ1n) is 8.96. The predicted octanol–water partition coefficient (Wildman–Crippen LogP) is 2.68. The molecule has 29 heavy (non-hydrogen) atoms. The van der Waals surface area contributed by atoms with Gasteiger partial charge in [-0.15, -0.1) is 0 Å². The molecule has 0 radical (unpaired) electrons. The van der Waals surface area contributed by atoms with Gasteiger partial charge in [0.2, 0.25) is 5.43 Å². The first kappa shape index (κ1) is 19.9. The summed E-state index contributed by atoms with van der Waals surface area (Å²) in [5.74, 6) is -1.48. The number of para-hydroxylation sites is 1. The van der Waals surface area contributed by atoms with E-state index < -0.39 is 17.2 Å². The third kappa shape index (κ3) is 4.37. The summed E-state index contributed by atoms with van der Waals surface area (Å²) < 4.78 is 15.3. The van der Waals surface area contributed by atoms with Crippen LogP contribution in [0.25, 0.3) is 5.69 Å². The minimum atomic E-state index is -0.731. The van der Waals surface area contributed by atoms with Crippen molar-refractivity contribution in [3.05, 3.63) is 87.6 Å². The van der Waals surface area contributed by atoms with Gasteiger partial charge in [-0.1, -0.05) is 12.1 Å². The van der Waals surface area contributed by atoms with Crippen LogP contribution in [-0.2, 0) is 0 Å². The predicted molar refractivity (Wildman–Crippen MR) is 107 cm³/mol. The summed E-state index contributed by atoms with van der Waals surface area (Å²) in [5.41, 5.74) is 0.411. The summed E-state index contributed by atoms with van der Waals surface area (Å²) in [6, 6.07) is 13.4. The lowest BCUT2D eigenvalue weighted by atomic mass is 10.2. The largest absolute Gasteiger partial charge is 0.352 e. The molecule has 2 N–H and O–H groups in total. The van der Waals surface area contributed by atoms with Gasteiger partial charge < -0.3 is 10.6 Å². The minimum absolute atomic E-state index is 0.130. The molecule has 1 heterocycles. The van der Waals surface area contributed by atoms with Crippen molar-refractivity contribution in [1.82, 2.24) is 15.1 Å².